The number of β-lactam (4-membered cyclic amide) rings is 1. The van der Waals surface area contributed by atoms with E-state index < -0.39 is 11.5 Å². The molecule has 0 N–H and O–H groups in total. The third kappa shape index (κ3) is 5.90. The van der Waals surface area contributed by atoms with Crippen LogP contribution in [0.2, 0.25) is 0 Å². The summed E-state index contributed by atoms with van der Waals surface area (Å²) in [6, 6.07) is 9.46. The molecule has 0 saturated carbocycles. The van der Waals surface area contributed by atoms with Gasteiger partial charge in [-0.05, 0) is 24.8 Å². The summed E-state index contributed by atoms with van der Waals surface area (Å²) in [5.74, 6) is -1.15. The Morgan fingerprint density at radius 2 is 1.87 bits per heavy atom. The lowest BCUT2D eigenvalue weighted by molar-refractivity contribution is -0.178. The molecule has 1 fully saturated rings. The third-order valence-electron chi connectivity index (χ3n) is 5.91. The van der Waals surface area contributed by atoms with Crippen LogP contribution in [0.15, 0.2) is 36.4 Å². The van der Waals surface area contributed by atoms with E-state index in [1.54, 1.807) is 6.08 Å². The molecule has 0 radical (unpaired) electrons. The number of Topliss-reactive ketones (excluding diaryl/α,β-unsaturated/α-hetero) is 1. The van der Waals surface area contributed by atoms with E-state index in [4.69, 9.17) is 4.74 Å². The number of ether oxygens (including phenoxy) is 1. The van der Waals surface area contributed by atoms with Crippen LogP contribution in [0, 0.1) is 0 Å². The lowest BCUT2D eigenvalue weighted by Gasteiger charge is -2.50. The van der Waals surface area contributed by atoms with Gasteiger partial charge < -0.3 is 14.4 Å². The van der Waals surface area contributed by atoms with E-state index in [1.807, 2.05) is 43.3 Å². The van der Waals surface area contributed by atoms with Crippen LogP contribution in [0.5, 0.6) is 0 Å². The summed E-state index contributed by atoms with van der Waals surface area (Å²) in [6.07, 6.45) is 9.39. The zero-order valence-electron chi connectivity index (χ0n) is 18.5. The highest BCUT2D eigenvalue weighted by Gasteiger charge is 2.58. The van der Waals surface area contributed by atoms with Crippen molar-refractivity contribution in [1.82, 2.24) is 4.90 Å². The SMILES string of the molecule is CCC1CC(=O)N1C(CC=Cc1ccccc1)(C(=O)CCCCCCC=O)C(=O)OC. The second-order valence-electron chi connectivity index (χ2n) is 7.94. The minimum atomic E-state index is -1.63. The summed E-state index contributed by atoms with van der Waals surface area (Å²) in [5.41, 5.74) is -0.676. The van der Waals surface area contributed by atoms with Gasteiger partial charge in [0, 0.05) is 31.7 Å². The van der Waals surface area contributed by atoms with Crippen LogP contribution in [0.4, 0.5) is 0 Å². The molecule has 31 heavy (non-hydrogen) atoms. The Hall–Kier alpha value is -2.76. The number of esters is 1. The van der Waals surface area contributed by atoms with E-state index in [2.05, 4.69) is 0 Å². The number of carbonyl (C=O) groups is 4. The van der Waals surface area contributed by atoms with Gasteiger partial charge in [0.05, 0.1) is 7.11 Å². The summed E-state index contributed by atoms with van der Waals surface area (Å²) in [5, 5.41) is 0. The minimum absolute atomic E-state index is 0.0841. The molecule has 1 aliphatic rings. The van der Waals surface area contributed by atoms with Crippen LogP contribution >= 0.6 is 0 Å². The van der Waals surface area contributed by atoms with Crippen LogP contribution in [0.3, 0.4) is 0 Å². The number of likely N-dealkylation sites (tertiary alicyclic amines) is 1. The summed E-state index contributed by atoms with van der Waals surface area (Å²) < 4.78 is 5.07. The highest BCUT2D eigenvalue weighted by molar-refractivity contribution is 6.12. The van der Waals surface area contributed by atoms with Crippen LogP contribution in [-0.2, 0) is 23.9 Å². The maximum absolute atomic E-state index is 13.5. The molecular formula is C25H33NO5. The van der Waals surface area contributed by atoms with E-state index >= 15 is 0 Å². The van der Waals surface area contributed by atoms with Crippen molar-refractivity contribution < 1.29 is 23.9 Å². The maximum atomic E-state index is 13.5. The van der Waals surface area contributed by atoms with Crippen molar-refractivity contribution in [3.63, 3.8) is 0 Å². The van der Waals surface area contributed by atoms with Crippen molar-refractivity contribution >= 4 is 30.0 Å². The topological polar surface area (TPSA) is 80.8 Å². The van der Waals surface area contributed by atoms with E-state index in [1.165, 1.54) is 12.0 Å². The Balaban J connectivity index is 2.25. The van der Waals surface area contributed by atoms with Gasteiger partial charge in [-0.15, -0.1) is 0 Å². The number of unbranched alkanes of at least 4 members (excludes halogenated alkanes) is 4. The number of benzene rings is 1. The molecule has 0 aliphatic carbocycles. The number of carbonyl (C=O) groups excluding carboxylic acids is 4. The maximum Gasteiger partial charge on any atom is 0.339 e. The van der Waals surface area contributed by atoms with Crippen molar-refractivity contribution in [2.24, 2.45) is 0 Å². The van der Waals surface area contributed by atoms with E-state index in [-0.39, 0.29) is 30.6 Å². The first-order chi connectivity index (χ1) is 15.0. The van der Waals surface area contributed by atoms with Crippen LogP contribution < -0.4 is 0 Å². The average Bonchev–Trinajstić information content (AvgIpc) is 2.78. The smallest absolute Gasteiger partial charge is 0.339 e. The molecule has 1 heterocycles. The summed E-state index contributed by atoms with van der Waals surface area (Å²) in [6.45, 7) is 1.95. The Labute approximate surface area is 184 Å². The average molecular weight is 428 g/mol. The molecule has 1 amide bonds. The number of nitrogens with zero attached hydrogens (tertiary/aromatic N) is 1. The molecule has 1 aliphatic heterocycles. The summed E-state index contributed by atoms with van der Waals surface area (Å²) >= 11 is 0. The first kappa shape index (κ1) is 24.5. The number of hydrogen-bond acceptors (Lipinski definition) is 5. The first-order valence-corrected chi connectivity index (χ1v) is 11.1. The normalized spacial score (nSPS) is 17.8. The van der Waals surface area contributed by atoms with Gasteiger partial charge in [-0.25, -0.2) is 4.79 Å². The van der Waals surface area contributed by atoms with E-state index in [0.717, 1.165) is 31.1 Å². The quantitative estimate of drug-likeness (QED) is 0.147. The highest BCUT2D eigenvalue weighted by Crippen LogP contribution is 2.37. The van der Waals surface area contributed by atoms with Crippen molar-refractivity contribution in [3.05, 3.63) is 42.0 Å². The van der Waals surface area contributed by atoms with Gasteiger partial charge in [0.25, 0.3) is 0 Å². The van der Waals surface area contributed by atoms with Crippen molar-refractivity contribution in [3.8, 4) is 0 Å². The highest BCUT2D eigenvalue weighted by atomic mass is 16.5. The molecule has 1 aromatic carbocycles. The van der Waals surface area contributed by atoms with Crippen LogP contribution in [0.1, 0.15) is 70.3 Å². The lowest BCUT2D eigenvalue weighted by atomic mass is 9.79. The zero-order chi connectivity index (χ0) is 22.7. The molecule has 0 bridgehead atoms. The molecule has 2 atom stereocenters. The molecule has 2 rings (SSSR count). The Bertz CT molecular complexity index is 788. The van der Waals surface area contributed by atoms with Gasteiger partial charge in [-0.1, -0.05) is 62.2 Å². The number of hydrogen-bond donors (Lipinski definition) is 0. The number of ketones is 1. The Morgan fingerprint density at radius 1 is 1.16 bits per heavy atom. The first-order valence-electron chi connectivity index (χ1n) is 11.1. The predicted molar refractivity (Wildman–Crippen MR) is 119 cm³/mol. The molecule has 168 valence electrons. The Kier molecular flexibility index (Phi) is 9.63. The van der Waals surface area contributed by atoms with E-state index in [9.17, 15) is 19.2 Å². The fraction of sp³-hybridized carbons (Fsp3) is 0.520. The molecule has 2 unspecified atom stereocenters. The monoisotopic (exact) mass is 427 g/mol. The van der Waals surface area contributed by atoms with Crippen molar-refractivity contribution in [1.29, 1.82) is 0 Å². The second-order valence-corrected chi connectivity index (χ2v) is 7.94. The zero-order valence-corrected chi connectivity index (χ0v) is 18.5. The van der Waals surface area contributed by atoms with Crippen molar-refractivity contribution in [2.45, 2.75) is 76.3 Å². The fourth-order valence-electron chi connectivity index (χ4n) is 4.15. The van der Waals surface area contributed by atoms with Gasteiger partial charge in [-0.2, -0.15) is 0 Å². The largest absolute Gasteiger partial charge is 0.467 e. The fourth-order valence-corrected chi connectivity index (χ4v) is 4.15. The number of amides is 1. The Morgan fingerprint density at radius 3 is 2.48 bits per heavy atom. The van der Waals surface area contributed by atoms with Gasteiger partial charge >= 0.3 is 5.97 Å². The minimum Gasteiger partial charge on any atom is -0.467 e. The summed E-state index contributed by atoms with van der Waals surface area (Å²) in [7, 11) is 1.26. The number of rotatable bonds is 14. The van der Waals surface area contributed by atoms with Crippen LogP contribution in [-0.4, -0.2) is 47.5 Å². The lowest BCUT2D eigenvalue weighted by Crippen LogP contribution is -2.70. The number of methoxy groups -OCH3 is 1. The standard InChI is InChI=1S/C25H33NO5/c1-3-21-19-23(29)26(21)25(24(30)31-2,17-12-15-20-13-8-7-9-14-20)22(28)16-10-5-4-6-11-18-27/h7-9,12-15,18,21H,3-6,10-11,16-17,19H2,1-2H3. The third-order valence-corrected chi connectivity index (χ3v) is 5.91. The molecule has 0 aromatic heterocycles. The van der Waals surface area contributed by atoms with Gasteiger partial charge in [0.2, 0.25) is 11.4 Å². The molecular weight excluding hydrogens is 394 g/mol. The summed E-state index contributed by atoms with van der Waals surface area (Å²) in [4.78, 5) is 50.9. The van der Waals surface area contributed by atoms with Gasteiger partial charge in [0.1, 0.15) is 6.29 Å². The number of aldehydes is 1. The van der Waals surface area contributed by atoms with Crippen LogP contribution in [0.25, 0.3) is 6.08 Å². The van der Waals surface area contributed by atoms with E-state index in [0.29, 0.717) is 25.7 Å². The van der Waals surface area contributed by atoms with Gasteiger partial charge in [-0.3, -0.25) is 9.59 Å². The van der Waals surface area contributed by atoms with Gasteiger partial charge in [0.15, 0.2) is 5.78 Å². The second kappa shape index (κ2) is 12.2. The molecule has 6 nitrogen and oxygen atoms in total. The predicted octanol–water partition coefficient (Wildman–Crippen LogP) is 4.12. The molecule has 1 saturated heterocycles. The van der Waals surface area contributed by atoms with Crippen molar-refractivity contribution in [2.75, 3.05) is 7.11 Å². The molecule has 6 heteroatoms. The molecule has 0 spiro atoms. The molecule has 1 aromatic rings.